The highest BCUT2D eigenvalue weighted by atomic mass is 32.2. The largest absolute Gasteiger partial charge is 0.370 e. The number of morpholine rings is 1. The first-order valence-electron chi connectivity index (χ1n) is 13.9. The molecule has 0 amide bonds. The molecule has 0 atom stereocenters. The molecule has 0 bridgehead atoms. The van der Waals surface area contributed by atoms with Crippen molar-refractivity contribution in [2.45, 2.75) is 64.9 Å². The van der Waals surface area contributed by atoms with Crippen molar-refractivity contribution in [1.82, 2.24) is 18.7 Å². The van der Waals surface area contributed by atoms with Gasteiger partial charge in [-0.15, -0.1) is 5.10 Å². The van der Waals surface area contributed by atoms with E-state index in [-0.39, 0.29) is 16.7 Å². The molecule has 1 aliphatic heterocycles. The summed E-state index contributed by atoms with van der Waals surface area (Å²) < 4.78 is 38.4. The first kappa shape index (κ1) is 29.6. The van der Waals surface area contributed by atoms with Crippen LogP contribution < -0.4 is 4.90 Å². The zero-order chi connectivity index (χ0) is 28.3. The summed E-state index contributed by atoms with van der Waals surface area (Å²) in [5, 5.41) is 5.07. The third-order valence-electron chi connectivity index (χ3n) is 7.41. The Morgan fingerprint density at radius 1 is 1.00 bits per heavy atom. The number of benzene rings is 2. The van der Waals surface area contributed by atoms with Crippen LogP contribution in [0, 0.1) is 4.77 Å². The topological polar surface area (TPSA) is 73.8 Å². The average molecular weight is 573 g/mol. The lowest BCUT2D eigenvalue weighted by Crippen LogP contribution is -3.13. The fraction of sp³-hybridized carbons (Fsp3) is 0.517. The minimum absolute atomic E-state index is 0.260. The second-order valence-electron chi connectivity index (χ2n) is 10.7. The van der Waals surface area contributed by atoms with Crippen molar-refractivity contribution in [2.75, 3.05) is 39.4 Å². The van der Waals surface area contributed by atoms with Gasteiger partial charge in [0.2, 0.25) is 14.8 Å². The molecule has 4 rings (SSSR count). The van der Waals surface area contributed by atoms with Gasteiger partial charge in [0.05, 0.1) is 23.8 Å². The van der Waals surface area contributed by atoms with Crippen LogP contribution in [0.3, 0.4) is 0 Å². The van der Waals surface area contributed by atoms with Crippen molar-refractivity contribution in [3.8, 4) is 17.1 Å². The minimum Gasteiger partial charge on any atom is -0.370 e. The lowest BCUT2D eigenvalue weighted by atomic mass is 9.92. The molecule has 8 nitrogen and oxygen atoms in total. The molecule has 1 saturated heterocycles. The van der Waals surface area contributed by atoms with Crippen LogP contribution >= 0.6 is 12.2 Å². The van der Waals surface area contributed by atoms with Gasteiger partial charge in [-0.3, -0.25) is 4.57 Å². The summed E-state index contributed by atoms with van der Waals surface area (Å²) in [4.78, 5) is 1.61. The fourth-order valence-electron chi connectivity index (χ4n) is 5.21. The van der Waals surface area contributed by atoms with Crippen LogP contribution in [0.4, 0.5) is 0 Å². The lowest BCUT2D eigenvalue weighted by molar-refractivity contribution is -0.930. The maximum Gasteiger partial charge on any atom is 0.243 e. The predicted molar refractivity (Wildman–Crippen MR) is 158 cm³/mol. The molecule has 1 aromatic heterocycles. The van der Waals surface area contributed by atoms with Crippen LogP contribution in [0.2, 0.25) is 0 Å². The van der Waals surface area contributed by atoms with Crippen LogP contribution in [0.25, 0.3) is 17.1 Å². The smallest absolute Gasteiger partial charge is 0.243 e. The molecule has 39 heavy (non-hydrogen) atoms. The van der Waals surface area contributed by atoms with E-state index >= 15 is 0 Å². The second-order valence-corrected chi connectivity index (χ2v) is 13.0. The van der Waals surface area contributed by atoms with Crippen LogP contribution in [-0.2, 0) is 21.4 Å². The maximum absolute atomic E-state index is 13.4. The number of quaternary nitrogens is 1. The standard InChI is InChI=1S/C29H41N5O3S2/c1-7-32(8-2)39(35,36)24-12-9-11-23(19-24)28-30-33(20-31-15-17-37-18-16-31)29(38)34(28)27-25(21(3)4)13-10-14-26(27)22(5)6/h9-14,19,21-22H,7-8,15-18,20H2,1-6H3/p+1. The molecule has 1 aliphatic rings. The summed E-state index contributed by atoms with van der Waals surface area (Å²) in [6.45, 7) is 17.1. The SMILES string of the molecule is CCN(CC)S(=O)(=O)c1cccc(-c2nn(C[NH+]3CCOCC3)c(=S)n2-c2c(C(C)C)cccc2C(C)C)c1. The van der Waals surface area contributed by atoms with E-state index in [0.29, 0.717) is 30.4 Å². The Kier molecular flexibility index (Phi) is 9.44. The normalized spacial score (nSPS) is 15.1. The Balaban J connectivity index is 1.97. The van der Waals surface area contributed by atoms with Gasteiger partial charge >= 0.3 is 0 Å². The monoisotopic (exact) mass is 572 g/mol. The third-order valence-corrected chi connectivity index (χ3v) is 9.85. The van der Waals surface area contributed by atoms with E-state index in [2.05, 4.69) is 50.5 Å². The highest BCUT2D eigenvalue weighted by Crippen LogP contribution is 2.35. The number of rotatable bonds is 10. The first-order chi connectivity index (χ1) is 18.6. The van der Waals surface area contributed by atoms with E-state index in [1.54, 1.807) is 18.2 Å². The van der Waals surface area contributed by atoms with Gasteiger partial charge in [-0.2, -0.15) is 8.99 Å². The zero-order valence-electron chi connectivity index (χ0n) is 24.0. The van der Waals surface area contributed by atoms with E-state index in [9.17, 15) is 8.42 Å². The van der Waals surface area contributed by atoms with Gasteiger partial charge in [-0.25, -0.2) is 8.42 Å². The summed E-state index contributed by atoms with van der Waals surface area (Å²) in [5.41, 5.74) is 4.13. The highest BCUT2D eigenvalue weighted by molar-refractivity contribution is 7.89. The summed E-state index contributed by atoms with van der Waals surface area (Å²) in [6, 6.07) is 13.5. The van der Waals surface area contributed by atoms with Gasteiger partial charge in [-0.1, -0.05) is 71.9 Å². The van der Waals surface area contributed by atoms with Crippen LogP contribution in [-0.4, -0.2) is 66.5 Å². The van der Waals surface area contributed by atoms with Crippen molar-refractivity contribution in [2.24, 2.45) is 0 Å². The number of nitrogens with zero attached hydrogens (tertiary/aromatic N) is 4. The number of hydrogen-bond donors (Lipinski definition) is 1. The quantitative estimate of drug-likeness (QED) is 0.369. The van der Waals surface area contributed by atoms with Crippen molar-refractivity contribution >= 4 is 22.2 Å². The maximum atomic E-state index is 13.4. The first-order valence-corrected chi connectivity index (χ1v) is 15.8. The van der Waals surface area contributed by atoms with Crippen LogP contribution in [0.5, 0.6) is 0 Å². The summed E-state index contributed by atoms with van der Waals surface area (Å²) in [6.07, 6.45) is 0. The number of sulfonamides is 1. The van der Waals surface area contributed by atoms with Gasteiger partial charge in [0.25, 0.3) is 0 Å². The molecule has 0 unspecified atom stereocenters. The summed E-state index contributed by atoms with van der Waals surface area (Å²) >= 11 is 6.13. The van der Waals surface area contributed by atoms with Gasteiger partial charge < -0.3 is 9.64 Å². The van der Waals surface area contributed by atoms with E-state index in [1.165, 1.54) is 20.3 Å². The van der Waals surface area contributed by atoms with Crippen molar-refractivity contribution in [1.29, 1.82) is 0 Å². The molecular weight excluding hydrogens is 530 g/mol. The Morgan fingerprint density at radius 3 is 2.15 bits per heavy atom. The molecule has 2 aromatic carbocycles. The van der Waals surface area contributed by atoms with Crippen molar-refractivity contribution in [3.63, 3.8) is 0 Å². The molecule has 10 heteroatoms. The molecule has 0 aliphatic carbocycles. The van der Waals surface area contributed by atoms with Crippen LogP contribution in [0.15, 0.2) is 47.4 Å². The highest BCUT2D eigenvalue weighted by Gasteiger charge is 2.26. The third kappa shape index (κ3) is 6.05. The van der Waals surface area contributed by atoms with E-state index in [4.69, 9.17) is 22.1 Å². The molecule has 0 saturated carbocycles. The average Bonchev–Trinajstić information content (AvgIpc) is 3.24. The van der Waals surface area contributed by atoms with Gasteiger partial charge in [-0.05, 0) is 47.3 Å². The molecule has 2 heterocycles. The molecule has 3 aromatic rings. The molecule has 0 radical (unpaired) electrons. The second kappa shape index (κ2) is 12.4. The Bertz CT molecular complexity index is 1420. The molecule has 1 N–H and O–H groups in total. The minimum atomic E-state index is -3.63. The van der Waals surface area contributed by atoms with Crippen LogP contribution in [0.1, 0.15) is 64.5 Å². The van der Waals surface area contributed by atoms with Gasteiger partial charge in [0.1, 0.15) is 13.1 Å². The molecule has 0 spiro atoms. The molecular formula is C29H42N5O3S2+. The lowest BCUT2D eigenvalue weighted by Gasteiger charge is -2.23. The predicted octanol–water partition coefficient (Wildman–Crippen LogP) is 4.22. The zero-order valence-corrected chi connectivity index (χ0v) is 25.6. The van der Waals surface area contributed by atoms with Gasteiger partial charge in [0, 0.05) is 18.7 Å². The number of nitrogens with one attached hydrogen (secondary N) is 1. The Morgan fingerprint density at radius 2 is 1.59 bits per heavy atom. The number of para-hydroxylation sites is 1. The number of aromatic nitrogens is 3. The van der Waals surface area contributed by atoms with Crippen molar-refractivity contribution < 1.29 is 18.1 Å². The summed E-state index contributed by atoms with van der Waals surface area (Å²) in [5.74, 6) is 1.17. The van der Waals surface area contributed by atoms with Crippen molar-refractivity contribution in [3.05, 3.63) is 58.4 Å². The fourth-order valence-corrected chi connectivity index (χ4v) is 6.99. The van der Waals surface area contributed by atoms with E-state index < -0.39 is 10.0 Å². The Labute approximate surface area is 238 Å². The van der Waals surface area contributed by atoms with E-state index in [1.807, 2.05) is 24.6 Å². The summed E-state index contributed by atoms with van der Waals surface area (Å²) in [7, 11) is -3.63. The Hall–Kier alpha value is -2.37. The number of ether oxygens (including phenoxy) is 1. The number of hydrogen-bond acceptors (Lipinski definition) is 5. The molecule has 212 valence electrons. The van der Waals surface area contributed by atoms with Gasteiger partial charge in [0.15, 0.2) is 12.5 Å². The molecule has 1 fully saturated rings. The van der Waals surface area contributed by atoms with E-state index in [0.717, 1.165) is 37.6 Å².